The molecule has 4 heteroatoms. The minimum atomic E-state index is -0.209. The van der Waals surface area contributed by atoms with Crippen molar-refractivity contribution in [3.8, 4) is 0 Å². The van der Waals surface area contributed by atoms with Gasteiger partial charge in [-0.25, -0.2) is 9.78 Å². The van der Waals surface area contributed by atoms with Crippen LogP contribution >= 0.6 is 0 Å². The standard InChI is InChI=1S/C14H20N2O2/c1-11(12-5-6-12)10-14(17)18-9-3-4-13-15-7-8-16(13)2/h7-8,10,12H,3-6,9H2,1-2H3/b11-10+. The molecule has 0 aliphatic heterocycles. The first-order valence-electron chi connectivity index (χ1n) is 6.48. The van der Waals surface area contributed by atoms with Gasteiger partial charge in [0.1, 0.15) is 5.82 Å². The van der Waals surface area contributed by atoms with Crippen LogP contribution in [0.2, 0.25) is 0 Å². The summed E-state index contributed by atoms with van der Waals surface area (Å²) in [6.07, 6.45) is 9.42. The van der Waals surface area contributed by atoms with Gasteiger partial charge in [0, 0.05) is 31.9 Å². The van der Waals surface area contributed by atoms with Gasteiger partial charge in [-0.1, -0.05) is 5.57 Å². The maximum atomic E-state index is 11.5. The Morgan fingerprint density at radius 3 is 3.00 bits per heavy atom. The molecule has 1 aromatic heterocycles. The summed E-state index contributed by atoms with van der Waals surface area (Å²) in [6.45, 7) is 2.47. The number of hydrogen-bond donors (Lipinski definition) is 0. The number of aryl methyl sites for hydroxylation is 2. The first-order chi connectivity index (χ1) is 8.66. The van der Waals surface area contributed by atoms with E-state index in [1.165, 1.54) is 12.8 Å². The van der Waals surface area contributed by atoms with Crippen molar-refractivity contribution in [1.82, 2.24) is 9.55 Å². The summed E-state index contributed by atoms with van der Waals surface area (Å²) in [5.74, 6) is 1.44. The molecule has 2 rings (SSSR count). The highest BCUT2D eigenvalue weighted by molar-refractivity contribution is 5.82. The lowest BCUT2D eigenvalue weighted by molar-refractivity contribution is -0.137. The van der Waals surface area contributed by atoms with Gasteiger partial charge >= 0.3 is 5.97 Å². The van der Waals surface area contributed by atoms with Crippen LogP contribution in [-0.2, 0) is 23.0 Å². The Morgan fingerprint density at radius 1 is 1.61 bits per heavy atom. The summed E-state index contributed by atoms with van der Waals surface area (Å²) < 4.78 is 7.16. The van der Waals surface area contributed by atoms with E-state index in [4.69, 9.17) is 4.74 Å². The smallest absolute Gasteiger partial charge is 0.330 e. The summed E-state index contributed by atoms with van der Waals surface area (Å²) in [4.78, 5) is 15.7. The van der Waals surface area contributed by atoms with Crippen molar-refractivity contribution in [3.63, 3.8) is 0 Å². The molecule has 0 spiro atoms. The van der Waals surface area contributed by atoms with E-state index in [1.807, 2.05) is 24.7 Å². The van der Waals surface area contributed by atoms with Gasteiger partial charge in [0.25, 0.3) is 0 Å². The molecule has 1 aliphatic rings. The Labute approximate surface area is 108 Å². The molecule has 1 aliphatic carbocycles. The molecule has 1 saturated carbocycles. The second-order valence-electron chi connectivity index (χ2n) is 4.89. The fraction of sp³-hybridized carbons (Fsp3) is 0.571. The molecule has 1 heterocycles. The minimum absolute atomic E-state index is 0.209. The molecule has 4 nitrogen and oxygen atoms in total. The van der Waals surface area contributed by atoms with Crippen LogP contribution in [0.1, 0.15) is 32.0 Å². The molecule has 0 saturated heterocycles. The lowest BCUT2D eigenvalue weighted by Crippen LogP contribution is -2.06. The largest absolute Gasteiger partial charge is 0.463 e. The van der Waals surface area contributed by atoms with E-state index in [0.717, 1.165) is 24.2 Å². The molecule has 0 amide bonds. The van der Waals surface area contributed by atoms with Crippen molar-refractivity contribution in [2.45, 2.75) is 32.6 Å². The van der Waals surface area contributed by atoms with Crippen molar-refractivity contribution in [3.05, 3.63) is 29.9 Å². The maximum absolute atomic E-state index is 11.5. The van der Waals surface area contributed by atoms with E-state index in [1.54, 1.807) is 12.3 Å². The number of ether oxygens (including phenoxy) is 1. The maximum Gasteiger partial charge on any atom is 0.330 e. The van der Waals surface area contributed by atoms with E-state index in [9.17, 15) is 4.79 Å². The summed E-state index contributed by atoms with van der Waals surface area (Å²) in [6, 6.07) is 0. The molecule has 0 radical (unpaired) electrons. The molecule has 0 aromatic carbocycles. The van der Waals surface area contributed by atoms with E-state index >= 15 is 0 Å². The van der Waals surface area contributed by atoms with E-state index < -0.39 is 0 Å². The monoisotopic (exact) mass is 248 g/mol. The minimum Gasteiger partial charge on any atom is -0.463 e. The van der Waals surface area contributed by atoms with Gasteiger partial charge in [0.2, 0.25) is 0 Å². The number of aromatic nitrogens is 2. The number of rotatable bonds is 6. The molecule has 98 valence electrons. The fourth-order valence-corrected chi connectivity index (χ4v) is 1.92. The van der Waals surface area contributed by atoms with E-state index in [0.29, 0.717) is 12.5 Å². The second-order valence-corrected chi connectivity index (χ2v) is 4.89. The molecule has 0 bridgehead atoms. The highest BCUT2D eigenvalue weighted by Crippen LogP contribution is 2.35. The molecule has 1 fully saturated rings. The first kappa shape index (κ1) is 12.9. The lowest BCUT2D eigenvalue weighted by Gasteiger charge is -2.03. The molecule has 1 aromatic rings. The topological polar surface area (TPSA) is 44.1 Å². The van der Waals surface area contributed by atoms with E-state index in [2.05, 4.69) is 4.98 Å². The molecule has 18 heavy (non-hydrogen) atoms. The average Bonchev–Trinajstić information content (AvgIpc) is 3.10. The Morgan fingerprint density at radius 2 is 2.39 bits per heavy atom. The molecule has 0 N–H and O–H groups in total. The number of esters is 1. The number of carbonyl (C=O) groups is 1. The second kappa shape index (κ2) is 5.85. The molecular formula is C14H20N2O2. The van der Waals surface area contributed by atoms with Crippen molar-refractivity contribution in [1.29, 1.82) is 0 Å². The zero-order valence-electron chi connectivity index (χ0n) is 11.1. The predicted molar refractivity (Wildman–Crippen MR) is 69.0 cm³/mol. The third kappa shape index (κ3) is 3.72. The Kier molecular flexibility index (Phi) is 4.18. The zero-order chi connectivity index (χ0) is 13.0. The van der Waals surface area contributed by atoms with Gasteiger partial charge in [-0.15, -0.1) is 0 Å². The van der Waals surface area contributed by atoms with Gasteiger partial charge in [0.05, 0.1) is 6.61 Å². The van der Waals surface area contributed by atoms with Crippen LogP contribution in [0.4, 0.5) is 0 Å². The summed E-state index contributed by atoms with van der Waals surface area (Å²) in [5.41, 5.74) is 1.16. The fourth-order valence-electron chi connectivity index (χ4n) is 1.92. The van der Waals surface area contributed by atoms with Gasteiger partial charge in [0.15, 0.2) is 0 Å². The Hall–Kier alpha value is -1.58. The van der Waals surface area contributed by atoms with Gasteiger partial charge in [-0.05, 0) is 32.1 Å². The Bertz CT molecular complexity index is 444. The van der Waals surface area contributed by atoms with Crippen LogP contribution in [0, 0.1) is 5.92 Å². The third-order valence-electron chi connectivity index (χ3n) is 3.28. The Balaban J connectivity index is 1.64. The number of allylic oxidation sites excluding steroid dienone is 1. The molecule has 0 unspecified atom stereocenters. The van der Waals surface area contributed by atoms with Crippen LogP contribution < -0.4 is 0 Å². The highest BCUT2D eigenvalue weighted by atomic mass is 16.5. The number of hydrogen-bond acceptors (Lipinski definition) is 3. The van der Waals surface area contributed by atoms with Crippen molar-refractivity contribution < 1.29 is 9.53 Å². The quantitative estimate of drug-likeness (QED) is 0.440. The first-order valence-corrected chi connectivity index (χ1v) is 6.48. The van der Waals surface area contributed by atoms with E-state index in [-0.39, 0.29) is 5.97 Å². The lowest BCUT2D eigenvalue weighted by atomic mass is 10.2. The number of imidazole rings is 1. The highest BCUT2D eigenvalue weighted by Gasteiger charge is 2.23. The normalized spacial score (nSPS) is 15.8. The predicted octanol–water partition coefficient (Wildman–Crippen LogP) is 2.25. The van der Waals surface area contributed by atoms with Gasteiger partial charge in [-0.2, -0.15) is 0 Å². The molecular weight excluding hydrogens is 228 g/mol. The van der Waals surface area contributed by atoms with Crippen molar-refractivity contribution in [2.24, 2.45) is 13.0 Å². The number of carbonyl (C=O) groups excluding carboxylic acids is 1. The van der Waals surface area contributed by atoms with Gasteiger partial charge in [-0.3, -0.25) is 0 Å². The van der Waals surface area contributed by atoms with Crippen LogP contribution in [0.5, 0.6) is 0 Å². The molecule has 0 atom stereocenters. The zero-order valence-corrected chi connectivity index (χ0v) is 11.1. The number of nitrogens with zero attached hydrogens (tertiary/aromatic N) is 2. The van der Waals surface area contributed by atoms with Crippen LogP contribution in [0.15, 0.2) is 24.0 Å². The van der Waals surface area contributed by atoms with Gasteiger partial charge < -0.3 is 9.30 Å². The average molecular weight is 248 g/mol. The van der Waals surface area contributed by atoms with Crippen LogP contribution in [-0.4, -0.2) is 22.1 Å². The summed E-state index contributed by atoms with van der Waals surface area (Å²) >= 11 is 0. The summed E-state index contributed by atoms with van der Waals surface area (Å²) in [5, 5.41) is 0. The van der Waals surface area contributed by atoms with Crippen molar-refractivity contribution >= 4 is 5.97 Å². The van der Waals surface area contributed by atoms with Crippen molar-refractivity contribution in [2.75, 3.05) is 6.61 Å². The van der Waals surface area contributed by atoms with Crippen LogP contribution in [0.3, 0.4) is 0 Å². The summed E-state index contributed by atoms with van der Waals surface area (Å²) in [7, 11) is 1.97. The van der Waals surface area contributed by atoms with Crippen LogP contribution in [0.25, 0.3) is 0 Å². The SMILES string of the molecule is C/C(=C\C(=O)OCCCc1nccn1C)C1CC1. The third-order valence-corrected chi connectivity index (χ3v) is 3.28.